The lowest BCUT2D eigenvalue weighted by Gasteiger charge is -2.19. The Bertz CT molecular complexity index is 2960. The van der Waals surface area contributed by atoms with Crippen molar-refractivity contribution in [3.05, 3.63) is 188 Å². The van der Waals surface area contributed by atoms with Gasteiger partial charge in [-0.2, -0.15) is 0 Å². The first-order valence-corrected chi connectivity index (χ1v) is 17.2. The second-order valence-corrected chi connectivity index (χ2v) is 13.0. The van der Waals surface area contributed by atoms with E-state index in [1.165, 1.54) is 49.0 Å². The lowest BCUT2D eigenvalue weighted by atomic mass is 9.84. The maximum absolute atomic E-state index is 7.82. The van der Waals surface area contributed by atoms with Crippen LogP contribution in [0.15, 0.2) is 176 Å². The summed E-state index contributed by atoms with van der Waals surface area (Å²) in [6.45, 7) is 7.82. The monoisotopic (exact) mass is 647 g/mol. The standard InChI is InChI=1S/C48H29N3/c1-49-35-22-26-46-44(29-35)43-28-33(21-25-45(43)51(46)36-23-19-31(20-24-36)34-12-9-27-50-30-34)47-39-14-4-6-16-41(39)48(42-17-7-5-15-40(42)47)38-18-8-11-32-10-2-3-13-37(32)38/h2-30H. The topological polar surface area (TPSA) is 22.2 Å². The van der Waals surface area contributed by atoms with Crippen molar-refractivity contribution >= 4 is 59.8 Å². The molecule has 0 N–H and O–H groups in total. The molecule has 236 valence electrons. The van der Waals surface area contributed by atoms with Crippen molar-refractivity contribution in [1.82, 2.24) is 9.55 Å². The summed E-state index contributed by atoms with van der Waals surface area (Å²) in [6, 6.07) is 58.5. The van der Waals surface area contributed by atoms with Crippen molar-refractivity contribution in [3.63, 3.8) is 0 Å². The molecule has 0 fully saturated rings. The fourth-order valence-corrected chi connectivity index (χ4v) is 8.02. The third-order valence-electron chi connectivity index (χ3n) is 10.3. The molecule has 10 rings (SSSR count). The van der Waals surface area contributed by atoms with E-state index in [1.54, 1.807) is 6.20 Å². The highest BCUT2D eigenvalue weighted by Crippen LogP contribution is 2.46. The summed E-state index contributed by atoms with van der Waals surface area (Å²) in [5.74, 6) is 0. The number of rotatable bonds is 4. The zero-order valence-electron chi connectivity index (χ0n) is 27.6. The fourth-order valence-electron chi connectivity index (χ4n) is 8.02. The number of hydrogen-bond acceptors (Lipinski definition) is 1. The van der Waals surface area contributed by atoms with Crippen LogP contribution >= 0.6 is 0 Å². The molecule has 0 saturated carbocycles. The van der Waals surface area contributed by atoms with Gasteiger partial charge in [-0.3, -0.25) is 4.98 Å². The molecule has 0 amide bonds. The van der Waals surface area contributed by atoms with Crippen LogP contribution in [-0.2, 0) is 0 Å². The molecule has 0 bridgehead atoms. The van der Waals surface area contributed by atoms with Crippen LogP contribution in [-0.4, -0.2) is 9.55 Å². The average molecular weight is 648 g/mol. The van der Waals surface area contributed by atoms with Gasteiger partial charge in [-0.25, -0.2) is 4.85 Å². The molecule has 3 nitrogen and oxygen atoms in total. The molecule has 51 heavy (non-hydrogen) atoms. The van der Waals surface area contributed by atoms with Gasteiger partial charge in [-0.05, 0) is 114 Å². The Balaban J connectivity index is 1.24. The molecule has 0 aliphatic heterocycles. The first-order chi connectivity index (χ1) is 25.3. The summed E-state index contributed by atoms with van der Waals surface area (Å²) in [5.41, 5.74) is 11.0. The number of hydrogen-bond donors (Lipinski definition) is 0. The lowest BCUT2D eigenvalue weighted by Crippen LogP contribution is -1.94. The van der Waals surface area contributed by atoms with Crippen LogP contribution in [0.3, 0.4) is 0 Å². The van der Waals surface area contributed by atoms with E-state index in [0.29, 0.717) is 5.69 Å². The van der Waals surface area contributed by atoms with Crippen LogP contribution in [0.4, 0.5) is 5.69 Å². The predicted octanol–water partition coefficient (Wildman–Crippen LogP) is 13.2. The minimum Gasteiger partial charge on any atom is -0.309 e. The van der Waals surface area contributed by atoms with Crippen LogP contribution in [0.5, 0.6) is 0 Å². The van der Waals surface area contributed by atoms with Gasteiger partial charge in [-0.15, -0.1) is 0 Å². The summed E-state index contributed by atoms with van der Waals surface area (Å²) in [4.78, 5) is 8.12. The van der Waals surface area contributed by atoms with Gasteiger partial charge in [0.15, 0.2) is 5.69 Å². The van der Waals surface area contributed by atoms with E-state index in [-0.39, 0.29) is 0 Å². The first kappa shape index (κ1) is 28.9. The van der Waals surface area contributed by atoms with Crippen molar-refractivity contribution in [1.29, 1.82) is 0 Å². The lowest BCUT2D eigenvalue weighted by molar-refractivity contribution is 1.18. The van der Waals surface area contributed by atoms with Gasteiger partial charge in [0.1, 0.15) is 0 Å². The Morgan fingerprint density at radius 1 is 0.451 bits per heavy atom. The number of nitrogens with zero attached hydrogens (tertiary/aromatic N) is 3. The molecule has 2 aromatic heterocycles. The third kappa shape index (κ3) is 4.55. The number of fused-ring (bicyclic) bond motifs is 6. The average Bonchev–Trinajstić information content (AvgIpc) is 3.53. The van der Waals surface area contributed by atoms with Gasteiger partial charge in [-0.1, -0.05) is 121 Å². The maximum atomic E-state index is 7.82. The van der Waals surface area contributed by atoms with E-state index >= 15 is 0 Å². The molecule has 8 aromatic carbocycles. The van der Waals surface area contributed by atoms with Crippen molar-refractivity contribution in [2.45, 2.75) is 0 Å². The highest BCUT2D eigenvalue weighted by Gasteiger charge is 2.20. The van der Waals surface area contributed by atoms with Gasteiger partial charge in [0.25, 0.3) is 0 Å². The van der Waals surface area contributed by atoms with E-state index < -0.39 is 0 Å². The molecule has 10 aromatic rings. The van der Waals surface area contributed by atoms with Crippen LogP contribution in [0.2, 0.25) is 0 Å². The molecule has 3 heteroatoms. The minimum absolute atomic E-state index is 0.634. The van der Waals surface area contributed by atoms with Crippen molar-refractivity contribution in [3.8, 4) is 39.1 Å². The maximum Gasteiger partial charge on any atom is 0.188 e. The van der Waals surface area contributed by atoms with Gasteiger partial charge >= 0.3 is 0 Å². The molecule has 0 aliphatic carbocycles. The Hall–Kier alpha value is -7.02. The Morgan fingerprint density at radius 2 is 1.06 bits per heavy atom. The molecular formula is C48H29N3. The Kier molecular flexibility index (Phi) is 6.56. The summed E-state index contributed by atoms with van der Waals surface area (Å²) < 4.78 is 2.31. The Labute approximate surface area is 295 Å². The van der Waals surface area contributed by atoms with Gasteiger partial charge in [0.2, 0.25) is 0 Å². The van der Waals surface area contributed by atoms with Crippen LogP contribution in [0.25, 0.3) is 98.0 Å². The second-order valence-electron chi connectivity index (χ2n) is 13.0. The molecule has 0 atom stereocenters. The highest BCUT2D eigenvalue weighted by molar-refractivity contribution is 6.24. The fraction of sp³-hybridized carbons (Fsp3) is 0. The zero-order chi connectivity index (χ0) is 33.9. The highest BCUT2D eigenvalue weighted by atomic mass is 15.0. The molecule has 0 radical (unpaired) electrons. The zero-order valence-corrected chi connectivity index (χ0v) is 27.6. The van der Waals surface area contributed by atoms with Crippen molar-refractivity contribution < 1.29 is 0 Å². The van der Waals surface area contributed by atoms with E-state index in [4.69, 9.17) is 6.57 Å². The van der Waals surface area contributed by atoms with E-state index in [2.05, 4.69) is 160 Å². The van der Waals surface area contributed by atoms with Crippen LogP contribution in [0.1, 0.15) is 0 Å². The summed E-state index contributed by atoms with van der Waals surface area (Å²) in [5, 5.41) is 9.57. The second kappa shape index (κ2) is 11.6. The quantitative estimate of drug-likeness (QED) is 0.138. The van der Waals surface area contributed by atoms with E-state index in [0.717, 1.165) is 44.2 Å². The van der Waals surface area contributed by atoms with E-state index in [1.807, 2.05) is 24.4 Å². The van der Waals surface area contributed by atoms with Crippen molar-refractivity contribution in [2.24, 2.45) is 0 Å². The summed E-state index contributed by atoms with van der Waals surface area (Å²) >= 11 is 0. The van der Waals surface area contributed by atoms with Crippen LogP contribution in [0, 0.1) is 6.57 Å². The number of benzene rings is 8. The Morgan fingerprint density at radius 3 is 1.75 bits per heavy atom. The molecule has 2 heterocycles. The normalized spacial score (nSPS) is 11.5. The van der Waals surface area contributed by atoms with Crippen molar-refractivity contribution in [2.75, 3.05) is 0 Å². The number of pyridine rings is 1. The molecule has 0 aliphatic rings. The van der Waals surface area contributed by atoms with E-state index in [9.17, 15) is 0 Å². The summed E-state index contributed by atoms with van der Waals surface area (Å²) in [7, 11) is 0. The molecule has 0 unspecified atom stereocenters. The van der Waals surface area contributed by atoms with Gasteiger partial charge < -0.3 is 4.57 Å². The van der Waals surface area contributed by atoms with Gasteiger partial charge in [0, 0.05) is 23.5 Å². The van der Waals surface area contributed by atoms with Crippen LogP contribution < -0.4 is 0 Å². The molecule has 0 spiro atoms. The minimum atomic E-state index is 0.634. The number of aromatic nitrogens is 2. The molecule has 0 saturated heterocycles. The predicted molar refractivity (Wildman–Crippen MR) is 214 cm³/mol. The largest absolute Gasteiger partial charge is 0.309 e. The third-order valence-corrected chi connectivity index (χ3v) is 10.3. The smallest absolute Gasteiger partial charge is 0.188 e. The first-order valence-electron chi connectivity index (χ1n) is 17.2. The SMILES string of the molecule is [C-]#[N+]c1ccc2c(c1)c1cc(-c3c4ccccc4c(-c4cccc5ccccc45)c4ccccc34)ccc1n2-c1ccc(-c2cccnc2)cc1. The summed E-state index contributed by atoms with van der Waals surface area (Å²) in [6.07, 6.45) is 3.69. The molecular weight excluding hydrogens is 619 g/mol. The van der Waals surface area contributed by atoms with Gasteiger partial charge in [0.05, 0.1) is 17.6 Å².